The summed E-state index contributed by atoms with van der Waals surface area (Å²) in [5.41, 5.74) is 5.58. The molecule has 2 rings (SSSR count). The first-order chi connectivity index (χ1) is 6.16. The van der Waals surface area contributed by atoms with Crippen molar-refractivity contribution in [2.45, 2.75) is 0 Å². The van der Waals surface area contributed by atoms with Crippen LogP contribution in [0.5, 0.6) is 0 Å². The SMILES string of the molecule is Nc1cc2ccc(Br)cc2oc1=O. The number of hydrogen-bond acceptors (Lipinski definition) is 3. The smallest absolute Gasteiger partial charge is 0.359 e. The van der Waals surface area contributed by atoms with E-state index in [0.29, 0.717) is 5.58 Å². The molecule has 0 spiro atoms. The summed E-state index contributed by atoms with van der Waals surface area (Å²) in [7, 11) is 0. The van der Waals surface area contributed by atoms with Crippen LogP contribution in [0.2, 0.25) is 0 Å². The number of benzene rings is 1. The van der Waals surface area contributed by atoms with E-state index >= 15 is 0 Å². The molecular formula is C9H6BrNO2. The molecule has 0 saturated carbocycles. The van der Waals surface area contributed by atoms with Crippen LogP contribution in [-0.2, 0) is 0 Å². The topological polar surface area (TPSA) is 56.2 Å². The van der Waals surface area contributed by atoms with E-state index in [1.54, 1.807) is 12.1 Å². The molecule has 0 fully saturated rings. The third kappa shape index (κ3) is 1.45. The monoisotopic (exact) mass is 239 g/mol. The molecular weight excluding hydrogens is 234 g/mol. The average Bonchev–Trinajstić information content (AvgIpc) is 2.08. The summed E-state index contributed by atoms with van der Waals surface area (Å²) in [6.07, 6.45) is 0. The number of nitrogens with two attached hydrogens (primary N) is 1. The van der Waals surface area contributed by atoms with Gasteiger partial charge >= 0.3 is 5.63 Å². The van der Waals surface area contributed by atoms with Gasteiger partial charge in [-0.15, -0.1) is 0 Å². The normalized spacial score (nSPS) is 10.5. The molecule has 0 radical (unpaired) electrons. The molecule has 2 N–H and O–H groups in total. The highest BCUT2D eigenvalue weighted by Crippen LogP contribution is 2.19. The van der Waals surface area contributed by atoms with Gasteiger partial charge in [-0.05, 0) is 18.2 Å². The van der Waals surface area contributed by atoms with Crippen molar-refractivity contribution in [1.82, 2.24) is 0 Å². The molecule has 1 heterocycles. The van der Waals surface area contributed by atoms with E-state index in [2.05, 4.69) is 15.9 Å². The fourth-order valence-corrected chi connectivity index (χ4v) is 1.44. The summed E-state index contributed by atoms with van der Waals surface area (Å²) in [6, 6.07) is 7.03. The highest BCUT2D eigenvalue weighted by molar-refractivity contribution is 9.10. The summed E-state index contributed by atoms with van der Waals surface area (Å²) in [6.45, 7) is 0. The quantitative estimate of drug-likeness (QED) is 0.717. The molecule has 2 aromatic rings. The van der Waals surface area contributed by atoms with Crippen molar-refractivity contribution in [2.75, 3.05) is 5.73 Å². The van der Waals surface area contributed by atoms with Crippen LogP contribution in [0, 0.1) is 0 Å². The van der Waals surface area contributed by atoms with Crippen LogP contribution >= 0.6 is 15.9 Å². The Kier molecular flexibility index (Phi) is 1.84. The summed E-state index contributed by atoms with van der Waals surface area (Å²) in [5.74, 6) is 0. The second-order valence-corrected chi connectivity index (χ2v) is 3.59. The molecule has 0 aliphatic carbocycles. The van der Waals surface area contributed by atoms with Gasteiger partial charge in [-0.2, -0.15) is 0 Å². The Bertz CT molecular complexity index is 518. The Morgan fingerprint density at radius 1 is 1.31 bits per heavy atom. The van der Waals surface area contributed by atoms with Crippen LogP contribution < -0.4 is 11.4 Å². The van der Waals surface area contributed by atoms with Gasteiger partial charge in [-0.3, -0.25) is 0 Å². The Balaban J connectivity index is 2.89. The van der Waals surface area contributed by atoms with Crippen LogP contribution in [0.3, 0.4) is 0 Å². The molecule has 0 aliphatic rings. The molecule has 0 bridgehead atoms. The second-order valence-electron chi connectivity index (χ2n) is 2.67. The molecule has 3 nitrogen and oxygen atoms in total. The zero-order valence-electron chi connectivity index (χ0n) is 6.58. The lowest BCUT2D eigenvalue weighted by Gasteiger charge is -1.97. The predicted octanol–water partition coefficient (Wildman–Crippen LogP) is 2.14. The van der Waals surface area contributed by atoms with E-state index in [1.165, 1.54) is 0 Å². The van der Waals surface area contributed by atoms with E-state index < -0.39 is 5.63 Å². The number of anilines is 1. The minimum absolute atomic E-state index is 0.134. The molecule has 1 aromatic carbocycles. The molecule has 0 atom stereocenters. The standard InChI is InChI=1S/C9H6BrNO2/c10-6-2-1-5-3-7(11)9(12)13-8(5)4-6/h1-4H,11H2. The third-order valence-corrected chi connectivity index (χ3v) is 2.22. The van der Waals surface area contributed by atoms with Crippen molar-refractivity contribution in [2.24, 2.45) is 0 Å². The van der Waals surface area contributed by atoms with E-state index in [1.807, 2.05) is 12.1 Å². The molecule has 0 unspecified atom stereocenters. The summed E-state index contributed by atoms with van der Waals surface area (Å²) >= 11 is 3.28. The maximum absolute atomic E-state index is 11.0. The number of nitrogen functional groups attached to an aromatic ring is 1. The first-order valence-electron chi connectivity index (χ1n) is 3.66. The van der Waals surface area contributed by atoms with E-state index in [4.69, 9.17) is 10.2 Å². The molecule has 13 heavy (non-hydrogen) atoms. The highest BCUT2D eigenvalue weighted by Gasteiger charge is 2.01. The molecule has 0 amide bonds. The molecule has 1 aromatic heterocycles. The Morgan fingerprint density at radius 2 is 2.08 bits per heavy atom. The maximum atomic E-state index is 11.0. The Morgan fingerprint density at radius 3 is 2.85 bits per heavy atom. The second kappa shape index (κ2) is 2.88. The lowest BCUT2D eigenvalue weighted by Crippen LogP contribution is -2.05. The zero-order valence-corrected chi connectivity index (χ0v) is 8.17. The van der Waals surface area contributed by atoms with E-state index in [9.17, 15) is 4.79 Å². The maximum Gasteiger partial charge on any atom is 0.359 e. The van der Waals surface area contributed by atoms with Crippen LogP contribution in [0.1, 0.15) is 0 Å². The Hall–Kier alpha value is -1.29. The minimum Gasteiger partial charge on any atom is -0.421 e. The number of fused-ring (bicyclic) bond motifs is 1. The number of halogens is 1. The average molecular weight is 240 g/mol. The molecule has 4 heteroatoms. The van der Waals surface area contributed by atoms with Gasteiger partial charge in [0.05, 0.1) is 0 Å². The first kappa shape index (κ1) is 8.31. The largest absolute Gasteiger partial charge is 0.421 e. The van der Waals surface area contributed by atoms with Crippen molar-refractivity contribution in [3.8, 4) is 0 Å². The van der Waals surface area contributed by atoms with Crippen molar-refractivity contribution in [3.63, 3.8) is 0 Å². The van der Waals surface area contributed by atoms with Gasteiger partial charge in [-0.1, -0.05) is 22.0 Å². The van der Waals surface area contributed by atoms with Crippen molar-refractivity contribution >= 4 is 32.6 Å². The molecule has 0 aliphatic heterocycles. The van der Waals surface area contributed by atoms with Gasteiger partial charge in [0, 0.05) is 9.86 Å². The van der Waals surface area contributed by atoms with Gasteiger partial charge in [0.15, 0.2) is 0 Å². The van der Waals surface area contributed by atoms with Crippen LogP contribution in [0.4, 0.5) is 5.69 Å². The zero-order chi connectivity index (χ0) is 9.42. The minimum atomic E-state index is -0.495. The molecule has 66 valence electrons. The fourth-order valence-electron chi connectivity index (χ4n) is 1.10. The van der Waals surface area contributed by atoms with Crippen molar-refractivity contribution in [1.29, 1.82) is 0 Å². The van der Waals surface area contributed by atoms with Gasteiger partial charge in [0.2, 0.25) is 0 Å². The van der Waals surface area contributed by atoms with E-state index in [0.717, 1.165) is 9.86 Å². The van der Waals surface area contributed by atoms with Gasteiger partial charge < -0.3 is 10.2 Å². The number of hydrogen-bond donors (Lipinski definition) is 1. The predicted molar refractivity (Wildman–Crippen MR) is 54.6 cm³/mol. The summed E-state index contributed by atoms with van der Waals surface area (Å²) in [5, 5.41) is 0.820. The highest BCUT2D eigenvalue weighted by atomic mass is 79.9. The lowest BCUT2D eigenvalue weighted by molar-refractivity contribution is 0.564. The number of rotatable bonds is 0. The van der Waals surface area contributed by atoms with Gasteiger partial charge in [-0.25, -0.2) is 4.79 Å². The van der Waals surface area contributed by atoms with Gasteiger partial charge in [0.1, 0.15) is 11.3 Å². The Labute approximate surface area is 82.3 Å². The van der Waals surface area contributed by atoms with Crippen molar-refractivity contribution in [3.05, 3.63) is 39.2 Å². The van der Waals surface area contributed by atoms with Crippen LogP contribution in [0.15, 0.2) is 37.9 Å². The van der Waals surface area contributed by atoms with Gasteiger partial charge in [0.25, 0.3) is 0 Å². The molecule has 0 saturated heterocycles. The van der Waals surface area contributed by atoms with E-state index in [-0.39, 0.29) is 5.69 Å². The fraction of sp³-hybridized carbons (Fsp3) is 0. The van der Waals surface area contributed by atoms with Crippen LogP contribution in [0.25, 0.3) is 11.0 Å². The summed E-state index contributed by atoms with van der Waals surface area (Å²) in [4.78, 5) is 11.0. The third-order valence-electron chi connectivity index (χ3n) is 1.72. The lowest BCUT2D eigenvalue weighted by atomic mass is 10.2. The van der Waals surface area contributed by atoms with Crippen LogP contribution in [-0.4, -0.2) is 0 Å². The first-order valence-corrected chi connectivity index (χ1v) is 4.45. The summed E-state index contributed by atoms with van der Waals surface area (Å²) < 4.78 is 5.83. The van der Waals surface area contributed by atoms with Crippen molar-refractivity contribution < 1.29 is 4.42 Å².